The van der Waals surface area contributed by atoms with Gasteiger partial charge in [-0.05, 0) is 30.2 Å². The van der Waals surface area contributed by atoms with Gasteiger partial charge in [0.15, 0.2) is 23.4 Å². The Kier molecular flexibility index (Phi) is 6.12. The van der Waals surface area contributed by atoms with E-state index in [-0.39, 0.29) is 22.9 Å². The topological polar surface area (TPSA) is 133 Å². The lowest BCUT2D eigenvalue weighted by atomic mass is 9.99. The zero-order valence-corrected chi connectivity index (χ0v) is 18.7. The van der Waals surface area contributed by atoms with Gasteiger partial charge in [-0.25, -0.2) is 19.3 Å². The number of aliphatic hydroxyl groups is 1. The Bertz CT molecular complexity index is 1450. The number of aliphatic hydroxyl groups excluding tert-OH is 1. The Balaban J connectivity index is 1.68. The second kappa shape index (κ2) is 8.82. The molecule has 4 rings (SSSR count). The quantitative estimate of drug-likeness (QED) is 0.298. The largest absolute Gasteiger partial charge is 0.491 e. The minimum absolute atomic E-state index is 0.0720. The average molecular weight is 511 g/mol. The highest BCUT2D eigenvalue weighted by atomic mass is 19.4. The second-order valence-electron chi connectivity index (χ2n) is 7.86. The number of rotatable bonds is 6. The van der Waals surface area contributed by atoms with Crippen LogP contribution >= 0.6 is 0 Å². The fraction of sp³-hybridized carbons (Fsp3) is 0.286. The Labute approximate surface area is 199 Å². The Morgan fingerprint density at radius 3 is 2.56 bits per heavy atom. The van der Waals surface area contributed by atoms with Crippen molar-refractivity contribution in [1.82, 2.24) is 29.4 Å². The van der Waals surface area contributed by atoms with Crippen LogP contribution in [-0.4, -0.2) is 58.8 Å². The summed E-state index contributed by atoms with van der Waals surface area (Å²) in [5, 5.41) is 18.4. The summed E-state index contributed by atoms with van der Waals surface area (Å²) in [4.78, 5) is 19.3. The van der Waals surface area contributed by atoms with Crippen molar-refractivity contribution in [2.24, 2.45) is 7.05 Å². The highest BCUT2D eigenvalue weighted by Gasteiger charge is 2.51. The molecule has 0 aliphatic carbocycles. The summed E-state index contributed by atoms with van der Waals surface area (Å²) in [5.41, 5.74) is 8.51. The average Bonchev–Trinajstić information content (AvgIpc) is 3.40. The molecule has 1 aromatic carbocycles. The molecule has 10 nitrogen and oxygen atoms in total. The summed E-state index contributed by atoms with van der Waals surface area (Å²) >= 11 is 0. The SMILES string of the molecule is Cc1ccc(CC(O)C(F)(F)OC(=O)C(F)(F)F)cc1-c1cnc2c(N)nc(-c3ccnn3C)nn12. The molecule has 0 amide bonds. The van der Waals surface area contributed by atoms with E-state index in [1.807, 2.05) is 0 Å². The molecule has 0 aliphatic rings. The van der Waals surface area contributed by atoms with E-state index < -0.39 is 30.8 Å². The first-order valence-corrected chi connectivity index (χ1v) is 10.2. The Morgan fingerprint density at radius 1 is 1.19 bits per heavy atom. The molecule has 0 fully saturated rings. The van der Waals surface area contributed by atoms with Crippen LogP contribution in [0.15, 0.2) is 36.7 Å². The number of aromatic nitrogens is 6. The molecule has 4 aromatic rings. The molecule has 0 radical (unpaired) electrons. The molecule has 0 spiro atoms. The van der Waals surface area contributed by atoms with Crippen molar-refractivity contribution in [3.8, 4) is 22.8 Å². The van der Waals surface area contributed by atoms with Gasteiger partial charge in [0.1, 0.15) is 5.69 Å². The van der Waals surface area contributed by atoms with Gasteiger partial charge in [-0.2, -0.15) is 27.1 Å². The number of nitrogen functional groups attached to an aromatic ring is 1. The van der Waals surface area contributed by atoms with Gasteiger partial charge in [0, 0.05) is 25.2 Å². The molecule has 190 valence electrons. The maximum atomic E-state index is 14.0. The van der Waals surface area contributed by atoms with Crippen molar-refractivity contribution >= 4 is 17.4 Å². The molecule has 1 atom stereocenters. The predicted octanol–water partition coefficient (Wildman–Crippen LogP) is 2.68. The van der Waals surface area contributed by atoms with Crippen molar-refractivity contribution in [3.63, 3.8) is 0 Å². The molecule has 0 aliphatic heterocycles. The van der Waals surface area contributed by atoms with Gasteiger partial charge >= 0.3 is 18.3 Å². The fourth-order valence-electron chi connectivity index (χ4n) is 3.45. The lowest BCUT2D eigenvalue weighted by Gasteiger charge is -2.23. The number of nitrogens with two attached hydrogens (primary N) is 1. The van der Waals surface area contributed by atoms with E-state index >= 15 is 0 Å². The maximum absolute atomic E-state index is 14.0. The zero-order valence-electron chi connectivity index (χ0n) is 18.7. The highest BCUT2D eigenvalue weighted by molar-refractivity contribution is 5.76. The predicted molar refractivity (Wildman–Crippen MR) is 114 cm³/mol. The van der Waals surface area contributed by atoms with Crippen molar-refractivity contribution in [1.29, 1.82) is 0 Å². The number of ether oxygens (including phenoxy) is 1. The number of anilines is 1. The number of esters is 1. The van der Waals surface area contributed by atoms with Gasteiger partial charge in [-0.3, -0.25) is 4.68 Å². The van der Waals surface area contributed by atoms with Gasteiger partial charge in [0.2, 0.25) is 0 Å². The number of benzene rings is 1. The summed E-state index contributed by atoms with van der Waals surface area (Å²) in [7, 11) is 1.69. The third-order valence-electron chi connectivity index (χ3n) is 5.29. The van der Waals surface area contributed by atoms with Crippen LogP contribution in [0.25, 0.3) is 28.4 Å². The van der Waals surface area contributed by atoms with Crippen LogP contribution in [-0.2, 0) is 23.0 Å². The smallest absolute Gasteiger partial charge is 0.392 e. The van der Waals surface area contributed by atoms with Gasteiger partial charge in [-0.15, -0.1) is 5.10 Å². The molecule has 3 N–H and O–H groups in total. The van der Waals surface area contributed by atoms with E-state index in [9.17, 15) is 31.9 Å². The van der Waals surface area contributed by atoms with Crippen LogP contribution in [0, 0.1) is 6.92 Å². The fourth-order valence-corrected chi connectivity index (χ4v) is 3.45. The van der Waals surface area contributed by atoms with Crippen LogP contribution in [0.3, 0.4) is 0 Å². The molecular weight excluding hydrogens is 493 g/mol. The standard InChI is InChI=1S/C21H18F5N7O3/c1-10-3-4-11(8-15(34)21(25,26)36-19(35)20(22,23)24)7-12(10)14-9-28-18-16(27)30-17(31-33(14)18)13-5-6-29-32(13)2/h3-7,9,15,34H,8H2,1-2H3,(H2,27,30,31). The molecule has 3 aromatic heterocycles. The van der Waals surface area contributed by atoms with Gasteiger partial charge in [0.25, 0.3) is 0 Å². The first-order valence-electron chi connectivity index (χ1n) is 10.2. The highest BCUT2D eigenvalue weighted by Crippen LogP contribution is 2.31. The number of imidazole rings is 1. The van der Waals surface area contributed by atoms with Crippen LogP contribution < -0.4 is 5.73 Å². The third kappa shape index (κ3) is 4.68. The van der Waals surface area contributed by atoms with E-state index in [1.54, 1.807) is 32.3 Å². The summed E-state index contributed by atoms with van der Waals surface area (Å²) < 4.78 is 70.9. The number of hydrogen-bond donors (Lipinski definition) is 2. The number of nitrogens with zero attached hydrogens (tertiary/aromatic N) is 6. The minimum atomic E-state index is -5.64. The Morgan fingerprint density at radius 2 is 1.92 bits per heavy atom. The number of hydrogen-bond acceptors (Lipinski definition) is 8. The lowest BCUT2D eigenvalue weighted by Crippen LogP contribution is -2.43. The molecular formula is C21H18F5N7O3. The number of aryl methyl sites for hydroxylation is 2. The normalized spacial score (nSPS) is 13.2. The molecule has 0 saturated carbocycles. The van der Waals surface area contributed by atoms with Crippen LogP contribution in [0.5, 0.6) is 0 Å². The first kappa shape index (κ1) is 25.0. The van der Waals surface area contributed by atoms with Crippen molar-refractivity contribution in [2.75, 3.05) is 5.73 Å². The van der Waals surface area contributed by atoms with E-state index in [4.69, 9.17) is 5.73 Å². The molecule has 3 heterocycles. The number of carbonyl (C=O) groups is 1. The van der Waals surface area contributed by atoms with Gasteiger partial charge < -0.3 is 15.6 Å². The summed E-state index contributed by atoms with van der Waals surface area (Å²) in [6.45, 7) is 1.72. The summed E-state index contributed by atoms with van der Waals surface area (Å²) in [6, 6.07) is 6.07. The lowest BCUT2D eigenvalue weighted by molar-refractivity contribution is -0.294. The van der Waals surface area contributed by atoms with Crippen molar-refractivity contribution < 1.29 is 36.6 Å². The summed E-state index contributed by atoms with van der Waals surface area (Å²) in [6.07, 6.45) is -11.0. The minimum Gasteiger partial charge on any atom is -0.392 e. The van der Waals surface area contributed by atoms with Gasteiger partial charge in [-0.1, -0.05) is 12.1 Å². The maximum Gasteiger partial charge on any atom is 0.491 e. The number of alkyl halides is 5. The van der Waals surface area contributed by atoms with Crippen molar-refractivity contribution in [2.45, 2.75) is 31.7 Å². The molecule has 0 bridgehead atoms. The molecule has 1 unspecified atom stereocenters. The van der Waals surface area contributed by atoms with Crippen molar-refractivity contribution in [3.05, 3.63) is 47.8 Å². The molecule has 15 heteroatoms. The zero-order chi connectivity index (χ0) is 26.4. The number of halogens is 5. The van der Waals surface area contributed by atoms with Crippen LogP contribution in [0.1, 0.15) is 11.1 Å². The second-order valence-corrected chi connectivity index (χ2v) is 7.86. The van der Waals surface area contributed by atoms with Gasteiger partial charge in [0.05, 0.1) is 11.9 Å². The van der Waals surface area contributed by atoms with E-state index in [1.165, 1.54) is 27.5 Å². The van der Waals surface area contributed by atoms with Crippen LogP contribution in [0.2, 0.25) is 0 Å². The van der Waals surface area contributed by atoms with E-state index in [2.05, 4.69) is 24.9 Å². The monoisotopic (exact) mass is 511 g/mol. The van der Waals surface area contributed by atoms with E-state index in [0.717, 1.165) is 0 Å². The third-order valence-corrected chi connectivity index (χ3v) is 5.29. The molecule has 36 heavy (non-hydrogen) atoms. The first-order chi connectivity index (χ1) is 16.8. The number of fused-ring (bicyclic) bond motifs is 1. The molecule has 0 saturated heterocycles. The summed E-state index contributed by atoms with van der Waals surface area (Å²) in [5.74, 6) is -2.79. The van der Waals surface area contributed by atoms with E-state index in [0.29, 0.717) is 22.5 Å². The Hall–Kier alpha value is -4.14. The number of carbonyl (C=O) groups excluding carboxylic acids is 1. The van der Waals surface area contributed by atoms with Crippen LogP contribution in [0.4, 0.5) is 27.8 Å².